The maximum absolute atomic E-state index is 10.4. The van der Waals surface area contributed by atoms with E-state index in [1.807, 2.05) is 0 Å². The fraction of sp³-hybridized carbons (Fsp3) is 0.800. The van der Waals surface area contributed by atoms with E-state index in [4.69, 9.17) is 5.11 Å². The minimum atomic E-state index is -0.838. The SMILES string of the molecule is O=C(O)N1CCCSNC1. The number of carboxylic acid groups (broad SMARTS) is 1. The van der Waals surface area contributed by atoms with Gasteiger partial charge in [0.25, 0.3) is 0 Å². The molecule has 1 saturated heterocycles. The quantitative estimate of drug-likeness (QED) is 0.511. The molecule has 4 nitrogen and oxygen atoms in total. The summed E-state index contributed by atoms with van der Waals surface area (Å²) >= 11 is 1.58. The molecule has 0 aromatic carbocycles. The molecule has 1 amide bonds. The van der Waals surface area contributed by atoms with Crippen LogP contribution in [-0.4, -0.2) is 35.1 Å². The first-order valence-electron chi connectivity index (χ1n) is 3.13. The van der Waals surface area contributed by atoms with E-state index in [1.165, 1.54) is 4.90 Å². The van der Waals surface area contributed by atoms with E-state index < -0.39 is 6.09 Å². The minimum Gasteiger partial charge on any atom is -0.465 e. The Morgan fingerprint density at radius 1 is 1.70 bits per heavy atom. The third-order valence-corrected chi connectivity index (χ3v) is 2.13. The van der Waals surface area contributed by atoms with Crippen LogP contribution in [0.4, 0.5) is 4.79 Å². The molecule has 1 rings (SSSR count). The molecule has 0 bridgehead atoms. The van der Waals surface area contributed by atoms with Crippen LogP contribution >= 0.6 is 11.9 Å². The summed E-state index contributed by atoms with van der Waals surface area (Å²) in [6.07, 6.45) is 0.0965. The summed E-state index contributed by atoms with van der Waals surface area (Å²) in [6.45, 7) is 1.09. The molecule has 5 heteroatoms. The van der Waals surface area contributed by atoms with Crippen LogP contribution in [0, 0.1) is 0 Å². The first-order valence-corrected chi connectivity index (χ1v) is 4.12. The fourth-order valence-corrected chi connectivity index (χ4v) is 1.43. The van der Waals surface area contributed by atoms with Gasteiger partial charge in [0.05, 0.1) is 6.67 Å². The van der Waals surface area contributed by atoms with Crippen molar-refractivity contribution in [1.82, 2.24) is 9.62 Å². The molecule has 0 radical (unpaired) electrons. The van der Waals surface area contributed by atoms with Gasteiger partial charge in [-0.25, -0.2) is 9.52 Å². The van der Waals surface area contributed by atoms with Gasteiger partial charge in [-0.1, -0.05) is 11.9 Å². The summed E-state index contributed by atoms with van der Waals surface area (Å²) in [5.74, 6) is 0.990. The third-order valence-electron chi connectivity index (χ3n) is 1.30. The van der Waals surface area contributed by atoms with Crippen molar-refractivity contribution in [2.45, 2.75) is 6.42 Å². The van der Waals surface area contributed by atoms with Crippen molar-refractivity contribution in [2.24, 2.45) is 0 Å². The molecule has 0 spiro atoms. The van der Waals surface area contributed by atoms with Crippen molar-refractivity contribution in [3.05, 3.63) is 0 Å². The Hall–Kier alpha value is -0.420. The maximum atomic E-state index is 10.4. The molecule has 0 aromatic heterocycles. The molecular weight excluding hydrogens is 152 g/mol. The number of nitrogens with zero attached hydrogens (tertiary/aromatic N) is 1. The van der Waals surface area contributed by atoms with E-state index in [9.17, 15) is 4.79 Å². The summed E-state index contributed by atoms with van der Waals surface area (Å²) in [5, 5.41) is 8.54. The van der Waals surface area contributed by atoms with Crippen LogP contribution in [0.2, 0.25) is 0 Å². The maximum Gasteiger partial charge on any atom is 0.408 e. The molecule has 58 valence electrons. The lowest BCUT2D eigenvalue weighted by atomic mass is 10.4. The van der Waals surface area contributed by atoms with Crippen LogP contribution in [0.1, 0.15) is 6.42 Å². The second-order valence-corrected chi connectivity index (χ2v) is 3.04. The van der Waals surface area contributed by atoms with E-state index >= 15 is 0 Å². The lowest BCUT2D eigenvalue weighted by Gasteiger charge is -2.14. The van der Waals surface area contributed by atoms with E-state index in [1.54, 1.807) is 11.9 Å². The van der Waals surface area contributed by atoms with Gasteiger partial charge in [0.1, 0.15) is 0 Å². The highest BCUT2D eigenvalue weighted by Crippen LogP contribution is 2.04. The minimum absolute atomic E-state index is 0.444. The first-order chi connectivity index (χ1) is 4.80. The van der Waals surface area contributed by atoms with Gasteiger partial charge in [0, 0.05) is 12.3 Å². The molecule has 2 N–H and O–H groups in total. The van der Waals surface area contributed by atoms with E-state index in [-0.39, 0.29) is 0 Å². The molecule has 0 saturated carbocycles. The highest BCUT2D eigenvalue weighted by atomic mass is 32.2. The lowest BCUT2D eigenvalue weighted by Crippen LogP contribution is -2.34. The van der Waals surface area contributed by atoms with Crippen molar-refractivity contribution in [1.29, 1.82) is 0 Å². The Morgan fingerprint density at radius 3 is 3.20 bits per heavy atom. The van der Waals surface area contributed by atoms with Gasteiger partial charge in [-0.15, -0.1) is 0 Å². The molecule has 1 fully saturated rings. The highest BCUT2D eigenvalue weighted by Gasteiger charge is 2.12. The van der Waals surface area contributed by atoms with Crippen LogP contribution in [0.5, 0.6) is 0 Å². The van der Waals surface area contributed by atoms with E-state index in [2.05, 4.69) is 4.72 Å². The van der Waals surface area contributed by atoms with Gasteiger partial charge in [0.2, 0.25) is 0 Å². The van der Waals surface area contributed by atoms with Crippen LogP contribution in [0.15, 0.2) is 0 Å². The summed E-state index contributed by atoms with van der Waals surface area (Å²) in [5.41, 5.74) is 0. The van der Waals surface area contributed by atoms with Gasteiger partial charge in [-0.2, -0.15) is 0 Å². The van der Waals surface area contributed by atoms with Gasteiger partial charge in [0.15, 0.2) is 0 Å². The van der Waals surface area contributed by atoms with Crippen LogP contribution in [0.3, 0.4) is 0 Å². The molecule has 1 aliphatic heterocycles. The van der Waals surface area contributed by atoms with Crippen molar-refractivity contribution in [3.63, 3.8) is 0 Å². The van der Waals surface area contributed by atoms with Crippen LogP contribution < -0.4 is 4.72 Å². The molecular formula is C5H10N2O2S. The van der Waals surface area contributed by atoms with Gasteiger partial charge < -0.3 is 5.11 Å². The molecule has 1 aliphatic rings. The average molecular weight is 162 g/mol. The standard InChI is InChI=1S/C5H10N2O2S/c8-5(9)7-2-1-3-10-6-4-7/h6H,1-4H2,(H,8,9). The predicted molar refractivity (Wildman–Crippen MR) is 39.8 cm³/mol. The number of nitrogens with one attached hydrogen (secondary N) is 1. The Morgan fingerprint density at radius 2 is 2.50 bits per heavy atom. The van der Waals surface area contributed by atoms with Gasteiger partial charge in [-0.05, 0) is 6.42 Å². The summed E-state index contributed by atoms with van der Waals surface area (Å²) < 4.78 is 2.94. The second kappa shape index (κ2) is 3.68. The molecule has 1 heterocycles. The zero-order valence-corrected chi connectivity index (χ0v) is 6.36. The Bertz CT molecular complexity index is 123. The summed E-state index contributed by atoms with van der Waals surface area (Å²) in [6, 6.07) is 0. The lowest BCUT2D eigenvalue weighted by molar-refractivity contribution is 0.146. The zero-order chi connectivity index (χ0) is 7.40. The monoisotopic (exact) mass is 162 g/mol. The number of amides is 1. The van der Waals surface area contributed by atoms with Gasteiger partial charge in [-0.3, -0.25) is 4.90 Å². The normalized spacial score (nSPS) is 20.2. The first kappa shape index (κ1) is 7.68. The van der Waals surface area contributed by atoms with Crippen LogP contribution in [-0.2, 0) is 0 Å². The number of carbonyl (C=O) groups is 1. The number of rotatable bonds is 0. The van der Waals surface area contributed by atoms with E-state index in [0.717, 1.165) is 12.2 Å². The second-order valence-electron chi connectivity index (χ2n) is 2.05. The van der Waals surface area contributed by atoms with E-state index in [0.29, 0.717) is 13.2 Å². The van der Waals surface area contributed by atoms with Crippen molar-refractivity contribution in [3.8, 4) is 0 Å². The fourth-order valence-electron chi connectivity index (χ4n) is 0.766. The molecule has 0 aromatic rings. The Kier molecular flexibility index (Phi) is 2.82. The summed E-state index contributed by atoms with van der Waals surface area (Å²) in [4.78, 5) is 11.8. The zero-order valence-electron chi connectivity index (χ0n) is 5.54. The number of hydrogen-bond acceptors (Lipinski definition) is 3. The summed E-state index contributed by atoms with van der Waals surface area (Å²) in [7, 11) is 0. The smallest absolute Gasteiger partial charge is 0.408 e. The molecule has 0 unspecified atom stereocenters. The van der Waals surface area contributed by atoms with Gasteiger partial charge >= 0.3 is 6.09 Å². The molecule has 10 heavy (non-hydrogen) atoms. The number of hydrogen-bond donors (Lipinski definition) is 2. The topological polar surface area (TPSA) is 52.6 Å². The molecule has 0 atom stereocenters. The predicted octanol–water partition coefficient (Wildman–Crippen LogP) is 0.565. The van der Waals surface area contributed by atoms with Crippen molar-refractivity contribution < 1.29 is 9.90 Å². The third kappa shape index (κ3) is 2.07. The largest absolute Gasteiger partial charge is 0.465 e. The average Bonchev–Trinajstić information content (AvgIpc) is 2.12. The van der Waals surface area contributed by atoms with Crippen molar-refractivity contribution >= 4 is 18.0 Å². The Labute approximate surface area is 63.7 Å². The van der Waals surface area contributed by atoms with Crippen molar-refractivity contribution in [2.75, 3.05) is 19.0 Å². The Balaban J connectivity index is 2.35. The highest BCUT2D eigenvalue weighted by molar-refractivity contribution is 7.97. The van der Waals surface area contributed by atoms with Crippen LogP contribution in [0.25, 0.3) is 0 Å². The molecule has 0 aliphatic carbocycles.